The maximum Gasteiger partial charge on any atom is 0.183 e. The van der Waals surface area contributed by atoms with Gasteiger partial charge in [-0.3, -0.25) is 0 Å². The molecule has 0 saturated carbocycles. The minimum Gasteiger partial charge on any atom is -0.308 e. The van der Waals surface area contributed by atoms with E-state index in [1.807, 2.05) is 17.5 Å². The second kappa shape index (κ2) is 5.62. The van der Waals surface area contributed by atoms with Crippen LogP contribution in [0.3, 0.4) is 0 Å². The number of nitrogens with zero attached hydrogens (tertiary/aromatic N) is 4. The Hall–Kier alpha value is -1.47. The highest BCUT2D eigenvalue weighted by Crippen LogP contribution is 2.36. The van der Waals surface area contributed by atoms with E-state index in [0.717, 1.165) is 47.5 Å². The Bertz CT molecular complexity index is 842. The summed E-state index contributed by atoms with van der Waals surface area (Å²) in [5.41, 5.74) is 1.65. The van der Waals surface area contributed by atoms with Gasteiger partial charge in [-0.05, 0) is 6.07 Å². The van der Waals surface area contributed by atoms with Crippen molar-refractivity contribution in [3.05, 3.63) is 39.4 Å². The van der Waals surface area contributed by atoms with Crippen LogP contribution in [-0.2, 0) is 13.1 Å². The smallest absolute Gasteiger partial charge is 0.183 e. The molecular formula is C14H11Cl2N5S. The van der Waals surface area contributed by atoms with E-state index < -0.39 is 0 Å². The van der Waals surface area contributed by atoms with Gasteiger partial charge in [-0.15, -0.1) is 21.5 Å². The van der Waals surface area contributed by atoms with Crippen molar-refractivity contribution in [3.63, 3.8) is 0 Å². The molecule has 0 spiro atoms. The third-order valence-corrected chi connectivity index (χ3v) is 5.23. The lowest BCUT2D eigenvalue weighted by atomic mass is 10.2. The number of nitrogens with one attached hydrogen (secondary N) is 1. The molecule has 0 fully saturated rings. The Balaban J connectivity index is 1.76. The average molecular weight is 352 g/mol. The van der Waals surface area contributed by atoms with Gasteiger partial charge in [-0.2, -0.15) is 0 Å². The third kappa shape index (κ3) is 2.32. The first-order chi connectivity index (χ1) is 10.7. The van der Waals surface area contributed by atoms with Gasteiger partial charge in [0.15, 0.2) is 5.82 Å². The van der Waals surface area contributed by atoms with Gasteiger partial charge >= 0.3 is 0 Å². The van der Waals surface area contributed by atoms with Crippen LogP contribution in [-0.4, -0.2) is 26.3 Å². The minimum atomic E-state index is 0.525. The Labute approximate surface area is 140 Å². The number of fused-ring (bicyclic) bond motifs is 1. The van der Waals surface area contributed by atoms with Gasteiger partial charge in [-0.1, -0.05) is 35.3 Å². The number of hydrogen-bond acceptors (Lipinski definition) is 5. The molecule has 2 aromatic heterocycles. The molecule has 0 saturated heterocycles. The van der Waals surface area contributed by atoms with Gasteiger partial charge in [0.05, 0.1) is 16.6 Å². The molecule has 0 unspecified atom stereocenters. The van der Waals surface area contributed by atoms with E-state index in [1.54, 1.807) is 6.07 Å². The van der Waals surface area contributed by atoms with E-state index in [1.165, 1.54) is 11.3 Å². The maximum atomic E-state index is 6.27. The maximum absolute atomic E-state index is 6.27. The average Bonchev–Trinajstić information content (AvgIpc) is 3.16. The van der Waals surface area contributed by atoms with Crippen LogP contribution in [0.15, 0.2) is 23.6 Å². The fourth-order valence-corrected chi connectivity index (χ4v) is 3.73. The number of thiazole rings is 1. The van der Waals surface area contributed by atoms with Crippen LogP contribution in [0.4, 0.5) is 0 Å². The molecule has 0 aliphatic carbocycles. The molecule has 22 heavy (non-hydrogen) atoms. The Morgan fingerprint density at radius 3 is 3.05 bits per heavy atom. The predicted molar refractivity (Wildman–Crippen MR) is 88.3 cm³/mol. The summed E-state index contributed by atoms with van der Waals surface area (Å²) in [7, 11) is 0. The third-order valence-electron chi connectivity index (χ3n) is 3.54. The monoisotopic (exact) mass is 351 g/mol. The van der Waals surface area contributed by atoms with Crippen LogP contribution >= 0.6 is 34.5 Å². The topological polar surface area (TPSA) is 55.6 Å². The Morgan fingerprint density at radius 2 is 2.14 bits per heavy atom. The number of aromatic nitrogens is 4. The fourth-order valence-electron chi connectivity index (χ4n) is 2.45. The summed E-state index contributed by atoms with van der Waals surface area (Å²) in [4.78, 5) is 4.66. The highest BCUT2D eigenvalue weighted by molar-refractivity contribution is 7.13. The predicted octanol–water partition coefficient (Wildman–Crippen LogP) is 3.48. The molecule has 1 aromatic carbocycles. The fraction of sp³-hybridized carbons (Fsp3) is 0.214. The summed E-state index contributed by atoms with van der Waals surface area (Å²) in [6.45, 7) is 2.50. The van der Waals surface area contributed by atoms with Gasteiger partial charge in [0.2, 0.25) is 0 Å². The SMILES string of the molecule is Clc1cccc(-c2nc(-c3nnc4n3CCNC4)cs2)c1Cl. The lowest BCUT2D eigenvalue weighted by molar-refractivity contribution is 0.508. The molecule has 3 aromatic rings. The molecule has 0 amide bonds. The first-order valence-electron chi connectivity index (χ1n) is 6.77. The number of benzene rings is 1. The molecule has 1 aliphatic heterocycles. The molecule has 1 aliphatic rings. The summed E-state index contributed by atoms with van der Waals surface area (Å²) in [5, 5.41) is 15.6. The van der Waals surface area contributed by atoms with E-state index in [2.05, 4.69) is 25.1 Å². The molecule has 1 N–H and O–H groups in total. The highest BCUT2D eigenvalue weighted by Gasteiger charge is 2.19. The summed E-state index contributed by atoms with van der Waals surface area (Å²) in [6, 6.07) is 5.55. The highest BCUT2D eigenvalue weighted by atomic mass is 35.5. The minimum absolute atomic E-state index is 0.525. The van der Waals surface area contributed by atoms with Crippen LogP contribution in [0.5, 0.6) is 0 Å². The Kier molecular flexibility index (Phi) is 3.62. The second-order valence-corrected chi connectivity index (χ2v) is 6.55. The quantitative estimate of drug-likeness (QED) is 0.767. The van der Waals surface area contributed by atoms with E-state index >= 15 is 0 Å². The van der Waals surface area contributed by atoms with Crippen LogP contribution in [0.2, 0.25) is 10.0 Å². The molecule has 0 atom stereocenters. The normalized spacial score (nSPS) is 14.1. The van der Waals surface area contributed by atoms with Gasteiger partial charge in [0.1, 0.15) is 16.5 Å². The van der Waals surface area contributed by atoms with Crippen molar-refractivity contribution < 1.29 is 0 Å². The van der Waals surface area contributed by atoms with Crippen LogP contribution in [0.25, 0.3) is 22.1 Å². The lowest BCUT2D eigenvalue weighted by Crippen LogP contribution is -2.28. The van der Waals surface area contributed by atoms with E-state index in [9.17, 15) is 0 Å². The van der Waals surface area contributed by atoms with Gasteiger partial charge < -0.3 is 9.88 Å². The van der Waals surface area contributed by atoms with Gasteiger partial charge in [-0.25, -0.2) is 4.98 Å². The first-order valence-corrected chi connectivity index (χ1v) is 8.40. The second-order valence-electron chi connectivity index (χ2n) is 4.91. The zero-order chi connectivity index (χ0) is 15.1. The first kappa shape index (κ1) is 14.1. The number of hydrogen-bond donors (Lipinski definition) is 1. The summed E-state index contributed by atoms with van der Waals surface area (Å²) in [5.74, 6) is 1.74. The van der Waals surface area contributed by atoms with Crippen molar-refractivity contribution in [3.8, 4) is 22.1 Å². The van der Waals surface area contributed by atoms with Crippen molar-refractivity contribution in [2.24, 2.45) is 0 Å². The summed E-state index contributed by atoms with van der Waals surface area (Å²) >= 11 is 13.9. The molecule has 8 heteroatoms. The largest absolute Gasteiger partial charge is 0.308 e. The Morgan fingerprint density at radius 1 is 1.23 bits per heavy atom. The van der Waals surface area contributed by atoms with E-state index in [-0.39, 0.29) is 0 Å². The van der Waals surface area contributed by atoms with Crippen molar-refractivity contribution in [1.82, 2.24) is 25.1 Å². The van der Waals surface area contributed by atoms with E-state index in [4.69, 9.17) is 23.2 Å². The number of rotatable bonds is 2. The zero-order valence-corrected chi connectivity index (χ0v) is 13.7. The lowest BCUT2D eigenvalue weighted by Gasteiger charge is -2.15. The molecule has 0 bridgehead atoms. The van der Waals surface area contributed by atoms with Crippen molar-refractivity contribution in [1.29, 1.82) is 0 Å². The molecule has 3 heterocycles. The van der Waals surface area contributed by atoms with Crippen LogP contribution in [0.1, 0.15) is 5.82 Å². The van der Waals surface area contributed by atoms with Crippen LogP contribution < -0.4 is 5.32 Å². The zero-order valence-electron chi connectivity index (χ0n) is 11.4. The van der Waals surface area contributed by atoms with Crippen molar-refractivity contribution in [2.45, 2.75) is 13.1 Å². The van der Waals surface area contributed by atoms with Crippen molar-refractivity contribution in [2.75, 3.05) is 6.54 Å². The van der Waals surface area contributed by atoms with E-state index in [0.29, 0.717) is 10.0 Å². The molecule has 4 rings (SSSR count). The van der Waals surface area contributed by atoms with Gasteiger partial charge in [0, 0.05) is 24.0 Å². The molecular weight excluding hydrogens is 341 g/mol. The van der Waals surface area contributed by atoms with Crippen LogP contribution in [0, 0.1) is 0 Å². The molecule has 5 nitrogen and oxygen atoms in total. The summed E-state index contributed by atoms with van der Waals surface area (Å²) in [6.07, 6.45) is 0. The molecule has 0 radical (unpaired) electrons. The molecule has 112 valence electrons. The standard InChI is InChI=1S/C14H11Cl2N5S/c15-9-3-1-2-8(12(9)16)14-18-10(7-22-14)13-20-19-11-6-17-4-5-21(11)13/h1-3,7,17H,4-6H2. The summed E-state index contributed by atoms with van der Waals surface area (Å²) < 4.78 is 2.11. The van der Waals surface area contributed by atoms with Crippen molar-refractivity contribution >= 4 is 34.5 Å². The number of halogens is 2. The van der Waals surface area contributed by atoms with Gasteiger partial charge in [0.25, 0.3) is 0 Å².